The first-order valence-electron chi connectivity index (χ1n) is 6.04. The van der Waals surface area contributed by atoms with Crippen LogP contribution in [0.1, 0.15) is 34.5 Å². The molecule has 0 atom stereocenters. The Morgan fingerprint density at radius 2 is 2.17 bits per heavy atom. The van der Waals surface area contributed by atoms with Crippen LogP contribution in [0.15, 0.2) is 6.07 Å². The number of carbonyl (C=O) groups is 1. The van der Waals surface area contributed by atoms with Gasteiger partial charge in [0.05, 0.1) is 6.61 Å². The second-order valence-corrected chi connectivity index (χ2v) is 5.12. The van der Waals surface area contributed by atoms with Crippen molar-refractivity contribution in [3.05, 3.63) is 22.9 Å². The van der Waals surface area contributed by atoms with Gasteiger partial charge in [0.1, 0.15) is 11.4 Å². The van der Waals surface area contributed by atoms with Crippen LogP contribution in [0, 0.1) is 19.3 Å². The first kappa shape index (κ1) is 12.8. The molecule has 1 saturated carbocycles. The number of nitrogens with zero attached hydrogens (tertiary/aromatic N) is 1. The summed E-state index contributed by atoms with van der Waals surface area (Å²) < 4.78 is 0. The van der Waals surface area contributed by atoms with Crippen molar-refractivity contribution in [2.45, 2.75) is 26.7 Å². The van der Waals surface area contributed by atoms with Crippen LogP contribution in [0.25, 0.3) is 0 Å². The summed E-state index contributed by atoms with van der Waals surface area (Å²) in [7, 11) is 0. The number of aromatic carboxylic acids is 1. The highest BCUT2D eigenvalue weighted by Gasteiger charge is 2.42. The van der Waals surface area contributed by atoms with Gasteiger partial charge < -0.3 is 15.5 Å². The Hall–Kier alpha value is -1.62. The van der Waals surface area contributed by atoms with Gasteiger partial charge in [0, 0.05) is 17.7 Å². The van der Waals surface area contributed by atoms with Gasteiger partial charge in [-0.2, -0.15) is 0 Å². The maximum atomic E-state index is 11.2. The predicted molar refractivity (Wildman–Crippen MR) is 67.9 cm³/mol. The molecule has 0 unspecified atom stereocenters. The van der Waals surface area contributed by atoms with E-state index in [2.05, 4.69) is 10.3 Å². The lowest BCUT2D eigenvalue weighted by atomic mass is 10.1. The number of carboxylic acid groups (broad SMARTS) is 1. The fourth-order valence-corrected chi connectivity index (χ4v) is 2.07. The summed E-state index contributed by atoms with van der Waals surface area (Å²) in [5, 5.41) is 21.5. The number of aryl methyl sites for hydroxylation is 2. The van der Waals surface area contributed by atoms with Crippen molar-refractivity contribution < 1.29 is 15.0 Å². The molecule has 18 heavy (non-hydrogen) atoms. The maximum Gasteiger partial charge on any atom is 0.339 e. The van der Waals surface area contributed by atoms with Crippen LogP contribution < -0.4 is 5.32 Å². The van der Waals surface area contributed by atoms with Crippen molar-refractivity contribution in [2.75, 3.05) is 18.5 Å². The second-order valence-electron chi connectivity index (χ2n) is 5.12. The summed E-state index contributed by atoms with van der Waals surface area (Å²) >= 11 is 0. The molecule has 3 N–H and O–H groups in total. The van der Waals surface area contributed by atoms with E-state index in [1.807, 2.05) is 6.92 Å². The smallest absolute Gasteiger partial charge is 0.339 e. The van der Waals surface area contributed by atoms with Gasteiger partial charge in [-0.1, -0.05) is 0 Å². The molecule has 0 saturated heterocycles. The molecule has 98 valence electrons. The molecule has 1 aliphatic carbocycles. The minimum atomic E-state index is -0.976. The molecule has 0 spiro atoms. The Labute approximate surface area is 106 Å². The largest absolute Gasteiger partial charge is 0.478 e. The molecule has 1 aliphatic rings. The molecule has 1 aromatic rings. The molecule has 0 bridgehead atoms. The first-order chi connectivity index (χ1) is 8.47. The number of nitrogens with one attached hydrogen (secondary N) is 1. The number of anilines is 1. The average molecular weight is 250 g/mol. The summed E-state index contributed by atoms with van der Waals surface area (Å²) in [4.78, 5) is 15.5. The zero-order valence-electron chi connectivity index (χ0n) is 10.7. The van der Waals surface area contributed by atoms with E-state index < -0.39 is 5.97 Å². The Bertz CT molecular complexity index is 481. The molecular formula is C13H18N2O3. The Balaban J connectivity index is 2.23. The van der Waals surface area contributed by atoms with Crippen LogP contribution in [-0.2, 0) is 0 Å². The Morgan fingerprint density at radius 3 is 2.67 bits per heavy atom. The molecule has 1 heterocycles. The summed E-state index contributed by atoms with van der Waals surface area (Å²) in [5.74, 6) is -0.573. The van der Waals surface area contributed by atoms with Gasteiger partial charge >= 0.3 is 5.97 Å². The van der Waals surface area contributed by atoms with Gasteiger partial charge in [-0.15, -0.1) is 0 Å². The summed E-state index contributed by atoms with van der Waals surface area (Å²) in [6.45, 7) is 4.30. The van der Waals surface area contributed by atoms with Crippen molar-refractivity contribution in [2.24, 2.45) is 5.41 Å². The van der Waals surface area contributed by atoms with E-state index in [4.69, 9.17) is 0 Å². The summed E-state index contributed by atoms with van der Waals surface area (Å²) in [6, 6.07) is 1.76. The molecule has 1 fully saturated rings. The van der Waals surface area contributed by atoms with Crippen LogP contribution in [0.4, 0.5) is 5.82 Å². The van der Waals surface area contributed by atoms with Crippen LogP contribution >= 0.6 is 0 Å². The Morgan fingerprint density at radius 1 is 1.50 bits per heavy atom. The van der Waals surface area contributed by atoms with E-state index >= 15 is 0 Å². The summed E-state index contributed by atoms with van der Waals surface area (Å²) in [6.07, 6.45) is 1.95. The molecule has 0 aliphatic heterocycles. The second kappa shape index (κ2) is 4.57. The highest BCUT2D eigenvalue weighted by molar-refractivity contribution is 5.94. The molecule has 5 heteroatoms. The van der Waals surface area contributed by atoms with Gasteiger partial charge in [0.25, 0.3) is 0 Å². The third kappa shape index (κ3) is 2.46. The van der Waals surface area contributed by atoms with Crippen LogP contribution in [0.2, 0.25) is 0 Å². The van der Waals surface area contributed by atoms with E-state index in [-0.39, 0.29) is 17.6 Å². The monoisotopic (exact) mass is 250 g/mol. The highest BCUT2D eigenvalue weighted by Crippen LogP contribution is 2.45. The number of rotatable bonds is 5. The SMILES string of the molecule is Cc1cc(C)c(C(=O)O)c(NCC2(CO)CC2)n1. The van der Waals surface area contributed by atoms with E-state index in [9.17, 15) is 15.0 Å². The average Bonchev–Trinajstić information content (AvgIpc) is 3.05. The number of hydrogen-bond donors (Lipinski definition) is 3. The lowest BCUT2D eigenvalue weighted by molar-refractivity contribution is 0.0696. The first-order valence-corrected chi connectivity index (χ1v) is 6.04. The molecule has 0 radical (unpaired) electrons. The predicted octanol–water partition coefficient (Wildman–Crippen LogP) is 1.58. The van der Waals surface area contributed by atoms with Crippen LogP contribution in [0.3, 0.4) is 0 Å². The molecule has 1 aromatic heterocycles. The fourth-order valence-electron chi connectivity index (χ4n) is 2.07. The molecule has 2 rings (SSSR count). The van der Waals surface area contributed by atoms with E-state index in [0.29, 0.717) is 17.9 Å². The van der Waals surface area contributed by atoms with Crippen molar-refractivity contribution in [3.63, 3.8) is 0 Å². The van der Waals surface area contributed by atoms with Crippen LogP contribution in [0.5, 0.6) is 0 Å². The third-order valence-electron chi connectivity index (χ3n) is 3.48. The Kier molecular flexibility index (Phi) is 3.26. The minimum Gasteiger partial charge on any atom is -0.478 e. The van der Waals surface area contributed by atoms with Crippen molar-refractivity contribution in [3.8, 4) is 0 Å². The fraction of sp³-hybridized carbons (Fsp3) is 0.538. The topological polar surface area (TPSA) is 82.5 Å². The lowest BCUT2D eigenvalue weighted by Gasteiger charge is -2.16. The number of aliphatic hydroxyl groups is 1. The third-order valence-corrected chi connectivity index (χ3v) is 3.48. The van der Waals surface area contributed by atoms with Gasteiger partial charge in [-0.25, -0.2) is 9.78 Å². The normalized spacial score (nSPS) is 16.4. The highest BCUT2D eigenvalue weighted by atomic mass is 16.4. The minimum absolute atomic E-state index is 0.0743. The van der Waals surface area contributed by atoms with Crippen molar-refractivity contribution >= 4 is 11.8 Å². The number of aliphatic hydroxyl groups excluding tert-OH is 1. The van der Waals surface area contributed by atoms with E-state index in [1.165, 1.54) is 0 Å². The molecule has 0 aromatic carbocycles. The number of carboxylic acids is 1. The number of aromatic nitrogens is 1. The molecular weight excluding hydrogens is 232 g/mol. The molecule has 5 nitrogen and oxygen atoms in total. The number of pyridine rings is 1. The van der Waals surface area contributed by atoms with Gasteiger partial charge in [0.2, 0.25) is 0 Å². The quantitative estimate of drug-likeness (QED) is 0.739. The maximum absolute atomic E-state index is 11.2. The molecule has 0 amide bonds. The number of hydrogen-bond acceptors (Lipinski definition) is 4. The van der Waals surface area contributed by atoms with Gasteiger partial charge in [-0.3, -0.25) is 0 Å². The van der Waals surface area contributed by atoms with Crippen molar-refractivity contribution in [1.82, 2.24) is 4.98 Å². The van der Waals surface area contributed by atoms with E-state index in [0.717, 1.165) is 18.5 Å². The zero-order chi connectivity index (χ0) is 13.3. The lowest BCUT2D eigenvalue weighted by Crippen LogP contribution is -2.21. The van der Waals surface area contributed by atoms with Crippen LogP contribution in [-0.4, -0.2) is 34.3 Å². The van der Waals surface area contributed by atoms with E-state index in [1.54, 1.807) is 13.0 Å². The van der Waals surface area contributed by atoms with Crippen molar-refractivity contribution in [1.29, 1.82) is 0 Å². The standard InChI is InChI=1S/C13H18N2O3/c1-8-5-9(2)15-11(10(8)12(17)18)14-6-13(7-16)3-4-13/h5,16H,3-4,6-7H2,1-2H3,(H,14,15)(H,17,18). The summed E-state index contributed by atoms with van der Waals surface area (Å²) in [5.41, 5.74) is 1.63. The zero-order valence-corrected chi connectivity index (χ0v) is 10.7. The van der Waals surface area contributed by atoms with Gasteiger partial charge in [0.15, 0.2) is 0 Å². The van der Waals surface area contributed by atoms with Gasteiger partial charge in [-0.05, 0) is 38.3 Å².